The Morgan fingerprint density at radius 1 is 1.14 bits per heavy atom. The fourth-order valence-corrected chi connectivity index (χ4v) is 3.81. The number of aromatic nitrogens is 2. The molecule has 0 atom stereocenters. The van der Waals surface area contributed by atoms with E-state index in [1.54, 1.807) is 6.07 Å². The van der Waals surface area contributed by atoms with Gasteiger partial charge in [0.15, 0.2) is 5.82 Å². The van der Waals surface area contributed by atoms with Crippen LogP contribution in [0.25, 0.3) is 11.4 Å². The van der Waals surface area contributed by atoms with Gasteiger partial charge in [-0.2, -0.15) is 11.8 Å². The van der Waals surface area contributed by atoms with Gasteiger partial charge in [-0.05, 0) is 30.3 Å². The van der Waals surface area contributed by atoms with Crippen molar-refractivity contribution in [2.45, 2.75) is 12.8 Å². The molecule has 110 valence electrons. The highest BCUT2D eigenvalue weighted by atomic mass is 35.5. The molecule has 3 nitrogen and oxygen atoms in total. The summed E-state index contributed by atoms with van der Waals surface area (Å²) in [5, 5.41) is 3.90. The van der Waals surface area contributed by atoms with Gasteiger partial charge in [-0.1, -0.05) is 41.9 Å². The summed E-state index contributed by atoms with van der Waals surface area (Å²) in [6.45, 7) is 0.960. The number of hydrogen-bond donors (Lipinski definition) is 1. The van der Waals surface area contributed by atoms with Crippen LogP contribution in [0.5, 0.6) is 0 Å². The normalized spacial score (nSPS) is 15.9. The molecule has 0 radical (unpaired) electrons. The van der Waals surface area contributed by atoms with Crippen LogP contribution in [0, 0.1) is 5.92 Å². The van der Waals surface area contributed by atoms with E-state index in [-0.39, 0.29) is 0 Å². The van der Waals surface area contributed by atoms with Crippen LogP contribution >= 0.6 is 23.4 Å². The van der Waals surface area contributed by atoms with Crippen molar-refractivity contribution in [3.05, 3.63) is 41.6 Å². The summed E-state index contributed by atoms with van der Waals surface area (Å²) in [7, 11) is 0. The number of nitrogens with zero attached hydrogens (tertiary/aromatic N) is 2. The van der Waals surface area contributed by atoms with Crippen molar-refractivity contribution in [1.29, 1.82) is 0 Å². The van der Waals surface area contributed by atoms with Gasteiger partial charge in [0, 0.05) is 18.2 Å². The molecule has 1 aliphatic heterocycles. The predicted octanol–water partition coefficient (Wildman–Crippen LogP) is 4.35. The van der Waals surface area contributed by atoms with Gasteiger partial charge < -0.3 is 5.32 Å². The van der Waals surface area contributed by atoms with Crippen molar-refractivity contribution >= 4 is 29.2 Å². The lowest BCUT2D eigenvalue weighted by Crippen LogP contribution is -2.19. The molecule has 2 aromatic rings. The third-order valence-electron chi connectivity index (χ3n) is 3.64. The summed E-state index contributed by atoms with van der Waals surface area (Å²) in [5.74, 6) is 4.76. The second-order valence-electron chi connectivity index (χ2n) is 5.20. The molecule has 1 aromatic carbocycles. The largest absolute Gasteiger partial charge is 0.370 e. The number of hydrogen-bond acceptors (Lipinski definition) is 4. The molecule has 0 aliphatic carbocycles. The first kappa shape index (κ1) is 14.7. The molecule has 0 amide bonds. The zero-order valence-corrected chi connectivity index (χ0v) is 13.3. The third-order valence-corrected chi connectivity index (χ3v) is 4.88. The summed E-state index contributed by atoms with van der Waals surface area (Å²) in [6, 6.07) is 11.7. The fourth-order valence-electron chi connectivity index (χ4n) is 2.42. The summed E-state index contributed by atoms with van der Waals surface area (Å²) in [5.41, 5.74) is 0.983. The van der Waals surface area contributed by atoms with Crippen molar-refractivity contribution in [2.75, 3.05) is 23.4 Å². The van der Waals surface area contributed by atoms with Crippen LogP contribution in [-0.4, -0.2) is 28.0 Å². The molecule has 2 heterocycles. The maximum atomic E-state index is 6.13. The maximum Gasteiger partial charge on any atom is 0.163 e. The molecular formula is C16H18ClN3S. The van der Waals surface area contributed by atoms with E-state index in [1.165, 1.54) is 24.3 Å². The van der Waals surface area contributed by atoms with Gasteiger partial charge in [-0.15, -0.1) is 0 Å². The highest BCUT2D eigenvalue weighted by Gasteiger charge is 2.14. The van der Waals surface area contributed by atoms with Crippen LogP contribution < -0.4 is 5.32 Å². The number of rotatable bonds is 4. The Bertz CT molecular complexity index is 585. The Labute approximate surface area is 134 Å². The molecular weight excluding hydrogens is 302 g/mol. The van der Waals surface area contributed by atoms with Crippen molar-refractivity contribution in [1.82, 2.24) is 9.97 Å². The highest BCUT2D eigenvalue weighted by molar-refractivity contribution is 7.99. The fraction of sp³-hybridized carbons (Fsp3) is 0.375. The molecule has 1 aromatic heterocycles. The topological polar surface area (TPSA) is 37.8 Å². The van der Waals surface area contributed by atoms with E-state index >= 15 is 0 Å². The van der Waals surface area contributed by atoms with Crippen molar-refractivity contribution in [3.63, 3.8) is 0 Å². The molecule has 5 heteroatoms. The molecule has 1 N–H and O–H groups in total. The Kier molecular flexibility index (Phi) is 4.99. The Hall–Kier alpha value is -1.26. The van der Waals surface area contributed by atoms with E-state index in [0.717, 1.165) is 23.8 Å². The van der Waals surface area contributed by atoms with E-state index < -0.39 is 0 Å². The zero-order valence-electron chi connectivity index (χ0n) is 11.8. The smallest absolute Gasteiger partial charge is 0.163 e. The Morgan fingerprint density at radius 3 is 2.67 bits per heavy atom. The van der Waals surface area contributed by atoms with Crippen LogP contribution in [0.4, 0.5) is 5.82 Å². The van der Waals surface area contributed by atoms with E-state index in [2.05, 4.69) is 15.3 Å². The van der Waals surface area contributed by atoms with E-state index in [4.69, 9.17) is 11.6 Å². The Morgan fingerprint density at radius 2 is 1.90 bits per heavy atom. The van der Waals surface area contributed by atoms with Crippen LogP contribution in [0.15, 0.2) is 36.4 Å². The molecule has 1 aliphatic rings. The quantitative estimate of drug-likeness (QED) is 0.850. The zero-order chi connectivity index (χ0) is 14.5. The van der Waals surface area contributed by atoms with E-state index in [0.29, 0.717) is 11.0 Å². The minimum Gasteiger partial charge on any atom is -0.370 e. The van der Waals surface area contributed by atoms with E-state index in [9.17, 15) is 0 Å². The number of benzene rings is 1. The lowest BCUT2D eigenvalue weighted by atomic mass is 10.0. The summed E-state index contributed by atoms with van der Waals surface area (Å²) >= 11 is 8.17. The van der Waals surface area contributed by atoms with Gasteiger partial charge in [0.05, 0.1) is 0 Å². The average molecular weight is 320 g/mol. The van der Waals surface area contributed by atoms with Crippen molar-refractivity contribution in [3.8, 4) is 11.4 Å². The summed E-state index contributed by atoms with van der Waals surface area (Å²) in [4.78, 5) is 8.89. The SMILES string of the molecule is Clc1cc(NCC2CCSCC2)nc(-c2ccccc2)n1. The summed E-state index contributed by atoms with van der Waals surface area (Å²) in [6.07, 6.45) is 2.56. The van der Waals surface area contributed by atoms with Crippen LogP contribution in [0.3, 0.4) is 0 Å². The molecule has 3 rings (SSSR count). The standard InChI is InChI=1S/C16H18ClN3S/c17-14-10-15(18-11-12-6-8-21-9-7-12)20-16(19-14)13-4-2-1-3-5-13/h1-5,10,12H,6-9,11H2,(H,18,19,20). The second-order valence-corrected chi connectivity index (χ2v) is 6.81. The lowest BCUT2D eigenvalue weighted by Gasteiger charge is -2.21. The number of nitrogens with one attached hydrogen (secondary N) is 1. The van der Waals surface area contributed by atoms with E-state index in [1.807, 2.05) is 42.1 Å². The maximum absolute atomic E-state index is 6.13. The molecule has 0 spiro atoms. The first-order valence-electron chi connectivity index (χ1n) is 7.23. The van der Waals surface area contributed by atoms with Gasteiger partial charge in [0.2, 0.25) is 0 Å². The van der Waals surface area contributed by atoms with Gasteiger partial charge in [0.25, 0.3) is 0 Å². The number of halogens is 1. The number of thioether (sulfide) groups is 1. The molecule has 0 saturated carbocycles. The average Bonchev–Trinajstić information content (AvgIpc) is 2.54. The molecule has 21 heavy (non-hydrogen) atoms. The van der Waals surface area contributed by atoms with Gasteiger partial charge >= 0.3 is 0 Å². The molecule has 1 fully saturated rings. The highest BCUT2D eigenvalue weighted by Crippen LogP contribution is 2.24. The molecule has 0 bridgehead atoms. The monoisotopic (exact) mass is 319 g/mol. The van der Waals surface area contributed by atoms with Crippen molar-refractivity contribution < 1.29 is 0 Å². The van der Waals surface area contributed by atoms with Gasteiger partial charge in [-0.25, -0.2) is 9.97 Å². The first-order chi connectivity index (χ1) is 10.3. The minimum atomic E-state index is 0.477. The van der Waals surface area contributed by atoms with Gasteiger partial charge in [-0.3, -0.25) is 0 Å². The molecule has 0 unspecified atom stereocenters. The van der Waals surface area contributed by atoms with Crippen LogP contribution in [-0.2, 0) is 0 Å². The third kappa shape index (κ3) is 4.11. The second kappa shape index (κ2) is 7.14. The van der Waals surface area contributed by atoms with Crippen LogP contribution in [0.2, 0.25) is 5.15 Å². The number of anilines is 1. The lowest BCUT2D eigenvalue weighted by molar-refractivity contribution is 0.515. The minimum absolute atomic E-state index is 0.477. The van der Waals surface area contributed by atoms with Gasteiger partial charge in [0.1, 0.15) is 11.0 Å². The Balaban J connectivity index is 1.72. The van der Waals surface area contributed by atoms with Crippen molar-refractivity contribution in [2.24, 2.45) is 5.92 Å². The first-order valence-corrected chi connectivity index (χ1v) is 8.76. The predicted molar refractivity (Wildman–Crippen MR) is 91.0 cm³/mol. The van der Waals surface area contributed by atoms with Crippen LogP contribution in [0.1, 0.15) is 12.8 Å². The summed E-state index contributed by atoms with van der Waals surface area (Å²) < 4.78 is 0. The molecule has 1 saturated heterocycles.